The average Bonchev–Trinajstić information content (AvgIpc) is 2.80. The second-order valence-electron chi connectivity index (χ2n) is 5.11. The number of esters is 1. The number of rotatable bonds is 5. The molecule has 4 heteroatoms. The van der Waals surface area contributed by atoms with Gasteiger partial charge in [-0.3, -0.25) is 4.79 Å². The molecule has 1 heterocycles. The van der Waals surface area contributed by atoms with Crippen molar-refractivity contribution in [3.8, 4) is 0 Å². The summed E-state index contributed by atoms with van der Waals surface area (Å²) in [5.41, 5.74) is 0. The fraction of sp³-hybridized carbons (Fsp3) is 0.917. The van der Waals surface area contributed by atoms with E-state index in [9.17, 15) is 4.79 Å². The molecule has 0 bridgehead atoms. The highest BCUT2D eigenvalue weighted by atomic mass is 16.5. The Bertz CT molecular complexity index is 258. The van der Waals surface area contributed by atoms with Gasteiger partial charge >= 0.3 is 5.97 Å². The first-order valence-electron chi connectivity index (χ1n) is 6.14. The SMILES string of the molecule is CNC(C)CCN1CC2C(C1)C2C(=O)OC. The number of ether oxygens (including phenoxy) is 1. The van der Waals surface area contributed by atoms with E-state index in [1.165, 1.54) is 13.5 Å². The van der Waals surface area contributed by atoms with Gasteiger partial charge in [0, 0.05) is 19.1 Å². The standard InChI is InChI=1S/C12H22N2O2/c1-8(13-2)4-5-14-6-9-10(7-14)11(9)12(15)16-3/h8-11,13H,4-7H2,1-3H3. The molecule has 1 saturated heterocycles. The normalized spacial score (nSPS) is 34.6. The van der Waals surface area contributed by atoms with Crippen LogP contribution in [-0.4, -0.2) is 50.7 Å². The van der Waals surface area contributed by atoms with Crippen LogP contribution in [0, 0.1) is 17.8 Å². The largest absolute Gasteiger partial charge is 0.469 e. The molecule has 1 aliphatic heterocycles. The van der Waals surface area contributed by atoms with E-state index >= 15 is 0 Å². The number of hydrogen-bond donors (Lipinski definition) is 1. The molecule has 0 aromatic carbocycles. The minimum Gasteiger partial charge on any atom is -0.469 e. The number of fused-ring (bicyclic) bond motifs is 1. The van der Waals surface area contributed by atoms with Crippen LogP contribution < -0.4 is 5.32 Å². The number of likely N-dealkylation sites (tertiary alicyclic amines) is 1. The summed E-state index contributed by atoms with van der Waals surface area (Å²) in [4.78, 5) is 13.8. The number of hydrogen-bond acceptors (Lipinski definition) is 4. The number of piperidine rings is 1. The summed E-state index contributed by atoms with van der Waals surface area (Å²) in [7, 11) is 3.49. The van der Waals surface area contributed by atoms with Crippen LogP contribution in [0.5, 0.6) is 0 Å². The molecule has 2 rings (SSSR count). The summed E-state index contributed by atoms with van der Waals surface area (Å²) in [5, 5.41) is 3.25. The summed E-state index contributed by atoms with van der Waals surface area (Å²) in [5.74, 6) is 1.37. The van der Waals surface area contributed by atoms with E-state index in [0.29, 0.717) is 17.9 Å². The highest BCUT2D eigenvalue weighted by Crippen LogP contribution is 2.52. The van der Waals surface area contributed by atoms with Gasteiger partial charge in [-0.05, 0) is 38.8 Å². The first-order chi connectivity index (χ1) is 7.67. The van der Waals surface area contributed by atoms with Gasteiger partial charge in [0.1, 0.15) is 0 Å². The molecule has 4 nitrogen and oxygen atoms in total. The Hall–Kier alpha value is -0.610. The first kappa shape index (κ1) is 11.9. The molecule has 0 aromatic heterocycles. The van der Waals surface area contributed by atoms with Crippen molar-refractivity contribution in [2.24, 2.45) is 17.8 Å². The van der Waals surface area contributed by atoms with Crippen LogP contribution in [0.1, 0.15) is 13.3 Å². The molecule has 0 radical (unpaired) electrons. The van der Waals surface area contributed by atoms with Gasteiger partial charge in [0.05, 0.1) is 13.0 Å². The van der Waals surface area contributed by atoms with Crippen LogP contribution in [0.15, 0.2) is 0 Å². The fourth-order valence-corrected chi connectivity index (χ4v) is 2.80. The summed E-state index contributed by atoms with van der Waals surface area (Å²) in [6.45, 7) is 5.51. The molecule has 2 fully saturated rings. The third-order valence-corrected chi connectivity index (χ3v) is 4.11. The molecular weight excluding hydrogens is 204 g/mol. The Morgan fingerprint density at radius 3 is 2.62 bits per heavy atom. The maximum Gasteiger partial charge on any atom is 0.309 e. The molecule has 2 aliphatic rings. The van der Waals surface area contributed by atoms with Crippen LogP contribution in [0.3, 0.4) is 0 Å². The topological polar surface area (TPSA) is 41.6 Å². The quantitative estimate of drug-likeness (QED) is 0.686. The smallest absolute Gasteiger partial charge is 0.309 e. The molecule has 1 saturated carbocycles. The number of methoxy groups -OCH3 is 1. The highest BCUT2D eigenvalue weighted by Gasteiger charge is 2.59. The second-order valence-corrected chi connectivity index (χ2v) is 5.11. The Kier molecular flexibility index (Phi) is 3.50. The van der Waals surface area contributed by atoms with E-state index in [1.54, 1.807) is 0 Å². The van der Waals surface area contributed by atoms with E-state index in [1.807, 2.05) is 7.05 Å². The van der Waals surface area contributed by atoms with E-state index in [0.717, 1.165) is 19.6 Å². The Morgan fingerprint density at radius 2 is 2.12 bits per heavy atom. The van der Waals surface area contributed by atoms with E-state index in [-0.39, 0.29) is 11.9 Å². The lowest BCUT2D eigenvalue weighted by Gasteiger charge is -2.20. The molecule has 1 aliphatic carbocycles. The Morgan fingerprint density at radius 1 is 1.50 bits per heavy atom. The zero-order valence-corrected chi connectivity index (χ0v) is 10.4. The highest BCUT2D eigenvalue weighted by molar-refractivity contribution is 5.76. The molecule has 3 atom stereocenters. The Balaban J connectivity index is 1.68. The van der Waals surface area contributed by atoms with Gasteiger partial charge in [-0.25, -0.2) is 0 Å². The molecule has 0 aromatic rings. The van der Waals surface area contributed by atoms with Crippen LogP contribution in [0.4, 0.5) is 0 Å². The Labute approximate surface area is 97.3 Å². The molecule has 1 N–H and O–H groups in total. The van der Waals surface area contributed by atoms with Crippen molar-refractivity contribution in [1.29, 1.82) is 0 Å². The minimum atomic E-state index is -0.00163. The van der Waals surface area contributed by atoms with Crippen molar-refractivity contribution in [3.05, 3.63) is 0 Å². The zero-order valence-electron chi connectivity index (χ0n) is 10.4. The van der Waals surface area contributed by atoms with E-state index in [2.05, 4.69) is 17.1 Å². The lowest BCUT2D eigenvalue weighted by Crippen LogP contribution is -2.32. The lowest BCUT2D eigenvalue weighted by molar-refractivity contribution is -0.143. The van der Waals surface area contributed by atoms with Crippen molar-refractivity contribution in [1.82, 2.24) is 10.2 Å². The van der Waals surface area contributed by atoms with Crippen LogP contribution >= 0.6 is 0 Å². The fourth-order valence-electron chi connectivity index (χ4n) is 2.80. The molecule has 0 amide bonds. The van der Waals surface area contributed by atoms with Gasteiger partial charge in [0.25, 0.3) is 0 Å². The van der Waals surface area contributed by atoms with Crippen molar-refractivity contribution < 1.29 is 9.53 Å². The van der Waals surface area contributed by atoms with Crippen molar-refractivity contribution in [3.63, 3.8) is 0 Å². The van der Waals surface area contributed by atoms with Crippen molar-refractivity contribution in [2.45, 2.75) is 19.4 Å². The summed E-state index contributed by atoms with van der Waals surface area (Å²) in [6, 6.07) is 0.577. The predicted molar refractivity (Wildman–Crippen MR) is 62.1 cm³/mol. The van der Waals surface area contributed by atoms with E-state index in [4.69, 9.17) is 4.74 Å². The predicted octanol–water partition coefficient (Wildman–Crippen LogP) is 0.335. The third-order valence-electron chi connectivity index (χ3n) is 4.11. The molecular formula is C12H22N2O2. The van der Waals surface area contributed by atoms with E-state index < -0.39 is 0 Å². The zero-order chi connectivity index (χ0) is 11.7. The van der Waals surface area contributed by atoms with Gasteiger partial charge < -0.3 is 15.0 Å². The number of nitrogens with one attached hydrogen (secondary N) is 1. The lowest BCUT2D eigenvalue weighted by atomic mass is 10.2. The van der Waals surface area contributed by atoms with Gasteiger partial charge in [-0.2, -0.15) is 0 Å². The number of carbonyl (C=O) groups is 1. The molecule has 92 valence electrons. The van der Waals surface area contributed by atoms with Crippen molar-refractivity contribution >= 4 is 5.97 Å². The molecule has 3 unspecified atom stereocenters. The average molecular weight is 226 g/mol. The van der Waals surface area contributed by atoms with Gasteiger partial charge in [-0.15, -0.1) is 0 Å². The molecule has 16 heavy (non-hydrogen) atoms. The molecule has 0 spiro atoms. The van der Waals surface area contributed by atoms with Crippen LogP contribution in [0.2, 0.25) is 0 Å². The number of nitrogens with zero attached hydrogens (tertiary/aromatic N) is 1. The monoisotopic (exact) mass is 226 g/mol. The maximum absolute atomic E-state index is 11.4. The summed E-state index contributed by atoms with van der Waals surface area (Å²) in [6.07, 6.45) is 1.18. The van der Waals surface area contributed by atoms with Crippen molar-refractivity contribution in [2.75, 3.05) is 33.8 Å². The van der Waals surface area contributed by atoms with Gasteiger partial charge in [0.15, 0.2) is 0 Å². The summed E-state index contributed by atoms with van der Waals surface area (Å²) < 4.78 is 4.79. The van der Waals surface area contributed by atoms with Gasteiger partial charge in [-0.1, -0.05) is 0 Å². The first-order valence-corrected chi connectivity index (χ1v) is 6.14. The van der Waals surface area contributed by atoms with Gasteiger partial charge in [0.2, 0.25) is 0 Å². The van der Waals surface area contributed by atoms with Crippen LogP contribution in [-0.2, 0) is 9.53 Å². The summed E-state index contributed by atoms with van der Waals surface area (Å²) >= 11 is 0. The maximum atomic E-state index is 11.4. The number of carbonyl (C=O) groups excluding carboxylic acids is 1. The third kappa shape index (κ3) is 2.23. The second kappa shape index (κ2) is 4.72. The minimum absolute atomic E-state index is 0.00163. The van der Waals surface area contributed by atoms with Crippen LogP contribution in [0.25, 0.3) is 0 Å².